The molecule has 18 heavy (non-hydrogen) atoms. The van der Waals surface area contributed by atoms with E-state index in [2.05, 4.69) is 19.9 Å². The third kappa shape index (κ3) is 3.06. The van der Waals surface area contributed by atoms with Crippen LogP contribution in [-0.4, -0.2) is 21.0 Å². The monoisotopic (exact) mass is 275 g/mol. The van der Waals surface area contributed by atoms with Gasteiger partial charge < -0.3 is 0 Å². The average molecular weight is 275 g/mol. The molecule has 0 atom stereocenters. The standard InChI is InChI=1S/C11H9N5S2/c1-17-11(13-7-12)14-9-4-2-8(3-5-9)10-6-18-16-15-10/h2-6H,1H3,(H,13,14). The molecule has 90 valence electrons. The van der Waals surface area contributed by atoms with Crippen LogP contribution in [0.4, 0.5) is 5.69 Å². The molecule has 7 heteroatoms. The van der Waals surface area contributed by atoms with Crippen molar-refractivity contribution >= 4 is 34.1 Å². The zero-order valence-electron chi connectivity index (χ0n) is 9.49. The summed E-state index contributed by atoms with van der Waals surface area (Å²) in [4.78, 5) is 4.30. The van der Waals surface area contributed by atoms with Crippen LogP contribution in [0.3, 0.4) is 0 Å². The highest BCUT2D eigenvalue weighted by atomic mass is 32.2. The summed E-state index contributed by atoms with van der Waals surface area (Å²) in [5.41, 5.74) is 2.64. The van der Waals surface area contributed by atoms with Gasteiger partial charge in [0.1, 0.15) is 5.69 Å². The van der Waals surface area contributed by atoms with Crippen molar-refractivity contribution in [3.8, 4) is 17.5 Å². The van der Waals surface area contributed by atoms with Gasteiger partial charge in [-0.2, -0.15) is 5.26 Å². The number of hydrogen-bond donors (Lipinski definition) is 1. The van der Waals surface area contributed by atoms with E-state index in [4.69, 9.17) is 5.26 Å². The van der Waals surface area contributed by atoms with E-state index in [-0.39, 0.29) is 0 Å². The molecular weight excluding hydrogens is 266 g/mol. The Morgan fingerprint density at radius 3 is 2.78 bits per heavy atom. The van der Waals surface area contributed by atoms with Crippen LogP contribution in [0.1, 0.15) is 0 Å². The molecule has 0 radical (unpaired) electrons. The third-order valence-electron chi connectivity index (χ3n) is 2.11. The molecule has 0 unspecified atom stereocenters. The Labute approximate surface area is 113 Å². The second-order valence-electron chi connectivity index (χ2n) is 3.19. The molecule has 0 aliphatic carbocycles. The Bertz CT molecular complexity index is 568. The highest BCUT2D eigenvalue weighted by Crippen LogP contribution is 2.22. The normalized spacial score (nSPS) is 11.0. The molecule has 2 aromatic rings. The number of aliphatic imine (C=N–C) groups is 1. The number of nitriles is 1. The third-order valence-corrected chi connectivity index (χ3v) is 3.19. The quantitative estimate of drug-likeness (QED) is 0.395. The van der Waals surface area contributed by atoms with E-state index in [1.807, 2.05) is 42.1 Å². The summed E-state index contributed by atoms with van der Waals surface area (Å²) in [6.45, 7) is 0. The molecular formula is C11H9N5S2. The molecule has 0 amide bonds. The fourth-order valence-electron chi connectivity index (χ4n) is 1.29. The fourth-order valence-corrected chi connectivity index (χ4v) is 2.10. The highest BCUT2D eigenvalue weighted by molar-refractivity contribution is 8.13. The Kier molecular flexibility index (Phi) is 4.28. The second kappa shape index (κ2) is 6.14. The maximum Gasteiger partial charge on any atom is 0.183 e. The number of nitrogens with zero attached hydrogens (tertiary/aromatic N) is 4. The summed E-state index contributed by atoms with van der Waals surface area (Å²) in [7, 11) is 0. The van der Waals surface area contributed by atoms with E-state index in [1.54, 1.807) is 0 Å². The van der Waals surface area contributed by atoms with Crippen molar-refractivity contribution < 1.29 is 0 Å². The highest BCUT2D eigenvalue weighted by Gasteiger charge is 2.01. The molecule has 1 aromatic carbocycles. The molecule has 0 spiro atoms. The predicted molar refractivity (Wildman–Crippen MR) is 74.7 cm³/mol. The summed E-state index contributed by atoms with van der Waals surface area (Å²) in [5.74, 6) is 0. The minimum atomic E-state index is 0.570. The lowest BCUT2D eigenvalue weighted by Crippen LogP contribution is -2.12. The van der Waals surface area contributed by atoms with Crippen molar-refractivity contribution in [3.05, 3.63) is 29.6 Å². The van der Waals surface area contributed by atoms with Crippen LogP contribution in [0, 0.1) is 11.5 Å². The van der Waals surface area contributed by atoms with Crippen LogP contribution in [0.25, 0.3) is 11.3 Å². The Balaban J connectivity index is 2.20. The van der Waals surface area contributed by atoms with Crippen molar-refractivity contribution in [2.24, 2.45) is 4.99 Å². The van der Waals surface area contributed by atoms with E-state index >= 15 is 0 Å². The van der Waals surface area contributed by atoms with Gasteiger partial charge in [-0.1, -0.05) is 28.4 Å². The number of amidine groups is 1. The number of aromatic nitrogens is 2. The van der Waals surface area contributed by atoms with Gasteiger partial charge in [0, 0.05) is 10.9 Å². The fraction of sp³-hybridized carbons (Fsp3) is 0.0909. The van der Waals surface area contributed by atoms with Gasteiger partial charge in [-0.15, -0.1) is 5.10 Å². The minimum Gasteiger partial charge on any atom is -0.271 e. The van der Waals surface area contributed by atoms with Crippen molar-refractivity contribution in [3.63, 3.8) is 0 Å². The largest absolute Gasteiger partial charge is 0.271 e. The summed E-state index contributed by atoms with van der Waals surface area (Å²) < 4.78 is 3.82. The molecule has 1 heterocycles. The van der Waals surface area contributed by atoms with E-state index in [0.29, 0.717) is 5.17 Å². The van der Waals surface area contributed by atoms with Crippen LogP contribution in [-0.2, 0) is 0 Å². The summed E-state index contributed by atoms with van der Waals surface area (Å²) >= 11 is 2.71. The molecule has 5 nitrogen and oxygen atoms in total. The van der Waals surface area contributed by atoms with Gasteiger partial charge in [0.25, 0.3) is 0 Å². The lowest BCUT2D eigenvalue weighted by atomic mass is 10.1. The van der Waals surface area contributed by atoms with Gasteiger partial charge in [-0.25, -0.2) is 4.99 Å². The van der Waals surface area contributed by atoms with E-state index in [9.17, 15) is 0 Å². The molecule has 0 aliphatic heterocycles. The number of nitrogens with one attached hydrogen (secondary N) is 1. The smallest absolute Gasteiger partial charge is 0.183 e. The van der Waals surface area contributed by atoms with Gasteiger partial charge in [0.15, 0.2) is 11.4 Å². The molecule has 0 fully saturated rings. The van der Waals surface area contributed by atoms with Crippen LogP contribution in [0.5, 0.6) is 0 Å². The lowest BCUT2D eigenvalue weighted by molar-refractivity contribution is 1.16. The molecule has 1 N–H and O–H groups in total. The first-order chi connectivity index (χ1) is 8.83. The van der Waals surface area contributed by atoms with Crippen molar-refractivity contribution in [1.82, 2.24) is 14.9 Å². The molecule has 0 saturated heterocycles. The van der Waals surface area contributed by atoms with Gasteiger partial charge in [-0.3, -0.25) is 5.32 Å². The zero-order chi connectivity index (χ0) is 12.8. The second-order valence-corrected chi connectivity index (χ2v) is 4.60. The number of benzene rings is 1. The maximum atomic E-state index is 8.55. The van der Waals surface area contributed by atoms with Gasteiger partial charge in [-0.05, 0) is 29.9 Å². The average Bonchev–Trinajstić information content (AvgIpc) is 2.93. The van der Waals surface area contributed by atoms with Crippen LogP contribution in [0.15, 0.2) is 34.6 Å². The first-order valence-electron chi connectivity index (χ1n) is 4.99. The maximum absolute atomic E-state index is 8.55. The number of hydrogen-bond acceptors (Lipinski definition) is 6. The SMILES string of the molecule is CSC(=Nc1ccc(-c2csnn2)cc1)NC#N. The molecule has 0 aliphatic rings. The van der Waals surface area contributed by atoms with E-state index < -0.39 is 0 Å². The summed E-state index contributed by atoms with van der Waals surface area (Å²) in [5, 5.41) is 17.5. The Morgan fingerprint density at radius 1 is 1.44 bits per heavy atom. The van der Waals surface area contributed by atoms with Gasteiger partial charge >= 0.3 is 0 Å². The van der Waals surface area contributed by atoms with Crippen molar-refractivity contribution in [1.29, 1.82) is 5.26 Å². The minimum absolute atomic E-state index is 0.570. The molecule has 0 saturated carbocycles. The van der Waals surface area contributed by atoms with Gasteiger partial charge in [0.05, 0.1) is 5.69 Å². The summed E-state index contributed by atoms with van der Waals surface area (Å²) in [6, 6.07) is 7.62. The number of rotatable bonds is 2. The predicted octanol–water partition coefficient (Wildman–Crippen LogP) is 2.63. The van der Waals surface area contributed by atoms with Gasteiger partial charge in [0.2, 0.25) is 0 Å². The molecule has 0 bridgehead atoms. The Morgan fingerprint density at radius 2 is 2.22 bits per heavy atom. The van der Waals surface area contributed by atoms with E-state index in [1.165, 1.54) is 23.3 Å². The summed E-state index contributed by atoms with van der Waals surface area (Å²) in [6.07, 6.45) is 3.71. The topological polar surface area (TPSA) is 74.0 Å². The van der Waals surface area contributed by atoms with Crippen molar-refractivity contribution in [2.45, 2.75) is 0 Å². The van der Waals surface area contributed by atoms with E-state index in [0.717, 1.165) is 16.9 Å². The lowest BCUT2D eigenvalue weighted by Gasteiger charge is -2.00. The van der Waals surface area contributed by atoms with Crippen molar-refractivity contribution in [2.75, 3.05) is 6.26 Å². The van der Waals surface area contributed by atoms with Crippen LogP contribution >= 0.6 is 23.3 Å². The first-order valence-corrected chi connectivity index (χ1v) is 7.05. The van der Waals surface area contributed by atoms with Crippen LogP contribution in [0.2, 0.25) is 0 Å². The first kappa shape index (κ1) is 12.5. The molecule has 2 rings (SSSR count). The van der Waals surface area contributed by atoms with Crippen LogP contribution < -0.4 is 5.32 Å². The number of thioether (sulfide) groups is 1. The molecule has 1 aromatic heterocycles. The zero-order valence-corrected chi connectivity index (χ0v) is 11.1. The Hall–Kier alpha value is -1.91.